The highest BCUT2D eigenvalue weighted by Gasteiger charge is 2.40. The average Bonchev–Trinajstić information content (AvgIpc) is 3.50. The van der Waals surface area contributed by atoms with E-state index in [4.69, 9.17) is 19.2 Å². The first-order chi connectivity index (χ1) is 18.7. The van der Waals surface area contributed by atoms with Crippen LogP contribution in [-0.2, 0) is 11.2 Å². The van der Waals surface area contributed by atoms with Crippen molar-refractivity contribution >= 4 is 44.4 Å². The van der Waals surface area contributed by atoms with Gasteiger partial charge in [-0.05, 0) is 38.5 Å². The van der Waals surface area contributed by atoms with Crippen molar-refractivity contribution in [3.8, 4) is 22.2 Å². The molecule has 1 aliphatic rings. The molecule has 1 amide bonds. The first kappa shape index (κ1) is 24.9. The molecule has 0 saturated carbocycles. The number of anilines is 1. The summed E-state index contributed by atoms with van der Waals surface area (Å²) in [4.78, 5) is 34.2. The fourth-order valence-electron chi connectivity index (χ4n) is 4.54. The van der Waals surface area contributed by atoms with Crippen LogP contribution >= 0.6 is 11.3 Å². The van der Waals surface area contributed by atoms with Crippen molar-refractivity contribution in [2.24, 2.45) is 0 Å². The first-order valence-electron chi connectivity index (χ1n) is 12.1. The molecule has 2 aromatic carbocycles. The Labute approximate surface area is 226 Å². The molecule has 5 aromatic rings. The van der Waals surface area contributed by atoms with Crippen molar-refractivity contribution in [2.75, 3.05) is 19.0 Å². The fraction of sp³-hybridized carbons (Fsp3) is 0.259. The minimum absolute atomic E-state index is 0.0905. The molecule has 0 saturated heterocycles. The molecular weight excluding hydrogens is 523 g/mol. The van der Waals surface area contributed by atoms with Gasteiger partial charge in [0.25, 0.3) is 0 Å². The molecule has 1 aliphatic heterocycles. The number of aromatic nitrogens is 5. The highest BCUT2D eigenvalue weighted by Crippen LogP contribution is 2.45. The number of halogens is 1. The maximum atomic E-state index is 15.2. The average molecular weight is 547 g/mol. The fourth-order valence-corrected chi connectivity index (χ4v) is 5.64. The SMILES string of the molecule is COc1cnc2c(-c3nc4cc(F)c5c(c4s3)C[C@@](C)(COC(=O)Nc3cnc(C)nc3)O5)cc(C)cc2n1. The van der Waals surface area contributed by atoms with E-state index in [2.05, 4.69) is 25.3 Å². The molecule has 1 atom stereocenters. The molecule has 3 aromatic heterocycles. The van der Waals surface area contributed by atoms with Gasteiger partial charge in [0, 0.05) is 23.6 Å². The Balaban J connectivity index is 1.28. The molecule has 0 aliphatic carbocycles. The Bertz CT molecular complexity index is 1760. The zero-order valence-corrected chi connectivity index (χ0v) is 22.4. The lowest BCUT2D eigenvalue weighted by Crippen LogP contribution is -2.37. The number of hydrogen-bond acceptors (Lipinski definition) is 10. The summed E-state index contributed by atoms with van der Waals surface area (Å²) in [6.45, 7) is 5.40. The normalized spacial score (nSPS) is 16.2. The van der Waals surface area contributed by atoms with Gasteiger partial charge in [-0.1, -0.05) is 0 Å². The Hall–Kier alpha value is -4.45. The van der Waals surface area contributed by atoms with Crippen LogP contribution in [0, 0.1) is 19.7 Å². The summed E-state index contributed by atoms with van der Waals surface area (Å²) in [6.07, 6.45) is 4.19. The van der Waals surface area contributed by atoms with Gasteiger partial charge in [-0.3, -0.25) is 5.32 Å². The molecular formula is C27H23FN6O4S. The summed E-state index contributed by atoms with van der Waals surface area (Å²) < 4.78 is 32.6. The molecule has 10 nitrogen and oxygen atoms in total. The lowest BCUT2D eigenvalue weighted by molar-refractivity contribution is 0.0315. The Morgan fingerprint density at radius 1 is 1.13 bits per heavy atom. The van der Waals surface area contributed by atoms with Crippen molar-refractivity contribution in [1.82, 2.24) is 24.9 Å². The summed E-state index contributed by atoms with van der Waals surface area (Å²) in [7, 11) is 1.54. The van der Waals surface area contributed by atoms with Crippen molar-refractivity contribution < 1.29 is 23.4 Å². The van der Waals surface area contributed by atoms with Gasteiger partial charge in [-0.15, -0.1) is 11.3 Å². The minimum Gasteiger partial charge on any atom is -0.480 e. The number of ether oxygens (including phenoxy) is 3. The summed E-state index contributed by atoms with van der Waals surface area (Å²) in [5.41, 5.74) is 3.81. The standard InChI is InChI=1S/C27H23FN6O4S/c1-13-5-16(22-19(6-13)33-21(36-4)11-31-22)25-34-20-7-18(28)23-17(24(20)39-25)8-27(3,38-23)12-37-26(35)32-15-9-29-14(2)30-10-15/h5-7,9-11H,8,12H2,1-4H3,(H,32,35)/t27-/m0/s1. The quantitative estimate of drug-likeness (QED) is 0.309. The van der Waals surface area contributed by atoms with E-state index in [1.807, 2.05) is 19.1 Å². The monoisotopic (exact) mass is 546 g/mol. The van der Waals surface area contributed by atoms with Gasteiger partial charge in [-0.25, -0.2) is 34.1 Å². The van der Waals surface area contributed by atoms with Crippen LogP contribution in [0.25, 0.3) is 31.8 Å². The smallest absolute Gasteiger partial charge is 0.411 e. The van der Waals surface area contributed by atoms with Gasteiger partial charge in [0.2, 0.25) is 5.88 Å². The minimum atomic E-state index is -0.958. The number of hydrogen-bond donors (Lipinski definition) is 1. The molecule has 6 rings (SSSR count). The Kier molecular flexibility index (Phi) is 5.98. The second-order valence-corrected chi connectivity index (χ2v) is 10.6. The predicted octanol–water partition coefficient (Wildman–Crippen LogP) is 5.40. The van der Waals surface area contributed by atoms with Crippen LogP contribution in [0.1, 0.15) is 23.9 Å². The van der Waals surface area contributed by atoms with Crippen LogP contribution in [0.3, 0.4) is 0 Å². The molecule has 198 valence electrons. The highest BCUT2D eigenvalue weighted by atomic mass is 32.1. The number of methoxy groups -OCH3 is 1. The summed E-state index contributed by atoms with van der Waals surface area (Å²) >= 11 is 1.44. The number of rotatable bonds is 5. The number of nitrogens with zero attached hydrogens (tertiary/aromatic N) is 5. The van der Waals surface area contributed by atoms with Gasteiger partial charge in [0.1, 0.15) is 23.0 Å². The van der Waals surface area contributed by atoms with E-state index in [9.17, 15) is 4.79 Å². The summed E-state index contributed by atoms with van der Waals surface area (Å²) in [5, 5.41) is 3.27. The van der Waals surface area contributed by atoms with Gasteiger partial charge in [0.05, 0.1) is 52.6 Å². The number of carbonyl (C=O) groups is 1. The Morgan fingerprint density at radius 2 is 1.92 bits per heavy atom. The van der Waals surface area contributed by atoms with Crippen molar-refractivity contribution in [3.05, 3.63) is 59.6 Å². The van der Waals surface area contributed by atoms with Crippen LogP contribution in [0.2, 0.25) is 0 Å². The van der Waals surface area contributed by atoms with E-state index in [0.29, 0.717) is 50.9 Å². The van der Waals surface area contributed by atoms with Crippen LogP contribution in [-0.4, -0.2) is 50.3 Å². The van der Waals surface area contributed by atoms with Gasteiger partial charge < -0.3 is 14.2 Å². The maximum Gasteiger partial charge on any atom is 0.411 e. The molecule has 0 bridgehead atoms. The maximum absolute atomic E-state index is 15.2. The third-order valence-corrected chi connectivity index (χ3v) is 7.49. The van der Waals surface area contributed by atoms with Gasteiger partial charge in [-0.2, -0.15) is 0 Å². The molecule has 0 fully saturated rings. The molecule has 0 radical (unpaired) electrons. The van der Waals surface area contributed by atoms with E-state index in [0.717, 1.165) is 15.8 Å². The van der Waals surface area contributed by atoms with Gasteiger partial charge in [0.15, 0.2) is 11.6 Å². The molecule has 39 heavy (non-hydrogen) atoms. The van der Waals surface area contributed by atoms with E-state index in [1.165, 1.54) is 29.8 Å². The van der Waals surface area contributed by atoms with Crippen LogP contribution in [0.4, 0.5) is 14.9 Å². The lowest BCUT2D eigenvalue weighted by atomic mass is 10.00. The van der Waals surface area contributed by atoms with Crippen molar-refractivity contribution in [1.29, 1.82) is 0 Å². The largest absolute Gasteiger partial charge is 0.480 e. The molecule has 0 spiro atoms. The zero-order chi connectivity index (χ0) is 27.3. The van der Waals surface area contributed by atoms with Crippen molar-refractivity contribution in [2.45, 2.75) is 32.8 Å². The number of nitrogens with one attached hydrogen (secondary N) is 1. The number of aryl methyl sites for hydroxylation is 2. The zero-order valence-electron chi connectivity index (χ0n) is 21.5. The molecule has 0 unspecified atom stereocenters. The molecule has 1 N–H and O–H groups in total. The number of amides is 1. The highest BCUT2D eigenvalue weighted by molar-refractivity contribution is 7.22. The third kappa shape index (κ3) is 4.67. The summed E-state index contributed by atoms with van der Waals surface area (Å²) in [5.74, 6) is 0.636. The van der Waals surface area contributed by atoms with Crippen molar-refractivity contribution in [3.63, 3.8) is 0 Å². The lowest BCUT2D eigenvalue weighted by Gasteiger charge is -2.23. The Morgan fingerprint density at radius 3 is 2.69 bits per heavy atom. The number of thiazole rings is 1. The van der Waals surface area contributed by atoms with Crippen LogP contribution in [0.15, 0.2) is 36.8 Å². The second kappa shape index (κ2) is 9.38. The number of fused-ring (bicyclic) bond motifs is 4. The molecule has 12 heteroatoms. The molecule has 4 heterocycles. The van der Waals surface area contributed by atoms with E-state index >= 15 is 4.39 Å². The third-order valence-electron chi connectivity index (χ3n) is 6.33. The van der Waals surface area contributed by atoms with Crippen LogP contribution < -0.4 is 14.8 Å². The number of carbonyl (C=O) groups excluding carboxylic acids is 1. The van der Waals surface area contributed by atoms with Crippen LogP contribution in [0.5, 0.6) is 11.6 Å². The number of benzene rings is 2. The van der Waals surface area contributed by atoms with Gasteiger partial charge >= 0.3 is 6.09 Å². The second-order valence-electron chi connectivity index (χ2n) is 9.57. The van der Waals surface area contributed by atoms with E-state index < -0.39 is 17.5 Å². The van der Waals surface area contributed by atoms with E-state index in [1.54, 1.807) is 27.2 Å². The topological polar surface area (TPSA) is 121 Å². The summed E-state index contributed by atoms with van der Waals surface area (Å²) in [6, 6.07) is 5.29. The van der Waals surface area contributed by atoms with E-state index in [-0.39, 0.29) is 12.4 Å². The predicted molar refractivity (Wildman–Crippen MR) is 144 cm³/mol. The first-order valence-corrected chi connectivity index (χ1v) is 12.9.